The number of anilines is 2. The number of nitrogens with two attached hydrogens (primary N) is 1. The molecule has 11 heteroatoms. The van der Waals surface area contributed by atoms with Crippen LogP contribution in [0, 0.1) is 5.92 Å². The summed E-state index contributed by atoms with van der Waals surface area (Å²) >= 11 is 1.21. The second-order valence-electron chi connectivity index (χ2n) is 9.09. The summed E-state index contributed by atoms with van der Waals surface area (Å²) in [6.45, 7) is 4.08. The number of thiazole rings is 1. The van der Waals surface area contributed by atoms with Gasteiger partial charge in [-0.15, -0.1) is 0 Å². The highest BCUT2D eigenvalue weighted by atomic mass is 32.1. The van der Waals surface area contributed by atoms with E-state index in [4.69, 9.17) is 5.73 Å². The largest absolute Gasteiger partial charge is 0.397 e. The highest BCUT2D eigenvalue weighted by molar-refractivity contribution is 7.19. The molecule has 0 bridgehead atoms. The van der Waals surface area contributed by atoms with Crippen LogP contribution in [0.4, 0.5) is 19.6 Å². The molecule has 2 fully saturated rings. The van der Waals surface area contributed by atoms with Gasteiger partial charge in [0.25, 0.3) is 0 Å². The van der Waals surface area contributed by atoms with Gasteiger partial charge in [0.05, 0.1) is 10.6 Å². The van der Waals surface area contributed by atoms with Gasteiger partial charge in [-0.05, 0) is 37.8 Å². The third-order valence-electron chi connectivity index (χ3n) is 6.53. The van der Waals surface area contributed by atoms with E-state index >= 15 is 0 Å². The first-order valence-corrected chi connectivity index (χ1v) is 12.4. The fourth-order valence-corrected chi connectivity index (χ4v) is 5.59. The standard InChI is InChI=1S/C23H30F2N6O2S/c1-14(32)19-20(16-10-17(26)12-28-11-16)34-22(29-19)30-21(33)18-13-27-7-9-31(18)8-4-15-2-5-23(24,25)6-3-15/h10-12,15,18,27H,2-9,13,26H2,1H3,(H,29,30,33)/t18-/m1/s1. The van der Waals surface area contributed by atoms with Crippen LogP contribution in [0.5, 0.6) is 0 Å². The van der Waals surface area contributed by atoms with E-state index in [2.05, 4.69) is 25.5 Å². The van der Waals surface area contributed by atoms with Gasteiger partial charge in [0.2, 0.25) is 11.8 Å². The van der Waals surface area contributed by atoms with Crippen LogP contribution >= 0.6 is 11.3 Å². The van der Waals surface area contributed by atoms with Crippen molar-refractivity contribution in [3.05, 3.63) is 24.2 Å². The first-order chi connectivity index (χ1) is 16.2. The van der Waals surface area contributed by atoms with E-state index in [-0.39, 0.29) is 36.1 Å². The molecule has 0 radical (unpaired) electrons. The Morgan fingerprint density at radius 1 is 1.32 bits per heavy atom. The Balaban J connectivity index is 1.42. The van der Waals surface area contributed by atoms with E-state index < -0.39 is 12.0 Å². The third-order valence-corrected chi connectivity index (χ3v) is 7.55. The molecule has 1 aliphatic carbocycles. The molecule has 2 aliphatic rings. The Morgan fingerprint density at radius 3 is 2.79 bits per heavy atom. The van der Waals surface area contributed by atoms with Gasteiger partial charge in [0.15, 0.2) is 10.9 Å². The van der Waals surface area contributed by atoms with E-state index in [0.29, 0.717) is 53.7 Å². The van der Waals surface area contributed by atoms with E-state index in [1.54, 1.807) is 12.3 Å². The second-order valence-corrected chi connectivity index (χ2v) is 10.1. The number of hydrogen-bond acceptors (Lipinski definition) is 8. The average Bonchev–Trinajstić information content (AvgIpc) is 3.23. The van der Waals surface area contributed by atoms with E-state index in [9.17, 15) is 18.4 Å². The Bertz CT molecular complexity index is 1040. The van der Waals surface area contributed by atoms with Crippen LogP contribution in [0.1, 0.15) is 49.5 Å². The molecule has 1 amide bonds. The van der Waals surface area contributed by atoms with Crippen LogP contribution in [0.15, 0.2) is 18.5 Å². The Kier molecular flexibility index (Phi) is 7.54. The summed E-state index contributed by atoms with van der Waals surface area (Å²) in [5, 5.41) is 6.47. The number of piperazine rings is 1. The zero-order valence-corrected chi connectivity index (χ0v) is 20.0. The first-order valence-electron chi connectivity index (χ1n) is 11.6. The number of nitrogens with one attached hydrogen (secondary N) is 2. The summed E-state index contributed by atoms with van der Waals surface area (Å²) in [4.78, 5) is 36.5. The zero-order chi connectivity index (χ0) is 24.3. The van der Waals surface area contributed by atoms with Crippen molar-refractivity contribution in [1.82, 2.24) is 20.2 Å². The van der Waals surface area contributed by atoms with Crippen molar-refractivity contribution in [3.8, 4) is 10.4 Å². The van der Waals surface area contributed by atoms with Gasteiger partial charge < -0.3 is 16.4 Å². The van der Waals surface area contributed by atoms with Crippen LogP contribution in [0.3, 0.4) is 0 Å². The van der Waals surface area contributed by atoms with Gasteiger partial charge in [-0.25, -0.2) is 13.8 Å². The zero-order valence-electron chi connectivity index (χ0n) is 19.2. The minimum atomic E-state index is -2.53. The van der Waals surface area contributed by atoms with Crippen LogP contribution in [-0.2, 0) is 4.79 Å². The summed E-state index contributed by atoms with van der Waals surface area (Å²) in [5.74, 6) is -2.68. The maximum Gasteiger partial charge on any atom is 0.248 e. The number of halogens is 2. The van der Waals surface area contributed by atoms with Crippen molar-refractivity contribution in [2.75, 3.05) is 37.2 Å². The van der Waals surface area contributed by atoms with Gasteiger partial charge in [-0.3, -0.25) is 19.5 Å². The van der Waals surface area contributed by atoms with E-state index in [1.165, 1.54) is 24.5 Å². The number of ketones is 1. The lowest BCUT2D eigenvalue weighted by atomic mass is 9.84. The summed E-state index contributed by atoms with van der Waals surface area (Å²) in [6, 6.07) is 1.31. The molecule has 1 saturated carbocycles. The Labute approximate surface area is 201 Å². The second kappa shape index (κ2) is 10.4. The molecule has 4 rings (SSSR count). The fraction of sp³-hybridized carbons (Fsp3) is 0.565. The maximum absolute atomic E-state index is 13.4. The third kappa shape index (κ3) is 5.94. The van der Waals surface area contributed by atoms with Gasteiger partial charge in [-0.1, -0.05) is 11.3 Å². The number of nitrogens with zero attached hydrogens (tertiary/aromatic N) is 3. The predicted octanol–water partition coefficient (Wildman–Crippen LogP) is 3.42. The molecule has 184 valence electrons. The van der Waals surface area contributed by atoms with Crippen molar-refractivity contribution in [2.24, 2.45) is 5.92 Å². The number of pyridine rings is 1. The van der Waals surface area contributed by atoms with Crippen LogP contribution < -0.4 is 16.4 Å². The van der Waals surface area contributed by atoms with Crippen LogP contribution in [0.25, 0.3) is 10.4 Å². The topological polar surface area (TPSA) is 113 Å². The molecule has 2 aromatic rings. The summed E-state index contributed by atoms with van der Waals surface area (Å²) < 4.78 is 26.9. The first kappa shape index (κ1) is 24.6. The summed E-state index contributed by atoms with van der Waals surface area (Å²) in [6.07, 6.45) is 4.90. The fourth-order valence-electron chi connectivity index (χ4n) is 4.59. The number of amides is 1. The van der Waals surface area contributed by atoms with Crippen molar-refractivity contribution in [2.45, 2.75) is 51.0 Å². The van der Waals surface area contributed by atoms with Gasteiger partial charge in [-0.2, -0.15) is 0 Å². The highest BCUT2D eigenvalue weighted by Gasteiger charge is 2.36. The predicted molar refractivity (Wildman–Crippen MR) is 128 cm³/mol. The number of alkyl halides is 2. The molecular formula is C23H30F2N6O2S. The Morgan fingerprint density at radius 2 is 2.09 bits per heavy atom. The molecule has 0 unspecified atom stereocenters. The van der Waals surface area contributed by atoms with Gasteiger partial charge >= 0.3 is 0 Å². The quantitative estimate of drug-likeness (QED) is 0.508. The van der Waals surface area contributed by atoms with Gasteiger partial charge in [0, 0.05) is 57.4 Å². The molecule has 4 N–H and O–H groups in total. The summed E-state index contributed by atoms with van der Waals surface area (Å²) in [7, 11) is 0. The molecule has 1 atom stereocenters. The lowest BCUT2D eigenvalue weighted by Gasteiger charge is -2.36. The Hall–Kier alpha value is -2.50. The molecule has 3 heterocycles. The smallest absolute Gasteiger partial charge is 0.248 e. The number of hydrogen-bond donors (Lipinski definition) is 3. The lowest BCUT2D eigenvalue weighted by Crippen LogP contribution is -2.56. The number of nitrogen functional groups attached to an aromatic ring is 1. The lowest BCUT2D eigenvalue weighted by molar-refractivity contribution is -0.122. The average molecular weight is 493 g/mol. The minimum Gasteiger partial charge on any atom is -0.397 e. The number of Topliss-reactive ketones (excluding diaryl/α,β-unsaturated/α-hetero) is 1. The SMILES string of the molecule is CC(=O)c1nc(NC(=O)[C@H]2CNCCN2CCC2CCC(F)(F)CC2)sc1-c1cncc(N)c1. The molecule has 1 aliphatic heterocycles. The minimum absolute atomic E-state index is 0.0451. The van der Waals surface area contributed by atoms with Crippen molar-refractivity contribution in [1.29, 1.82) is 0 Å². The molecule has 0 spiro atoms. The molecule has 8 nitrogen and oxygen atoms in total. The monoisotopic (exact) mass is 492 g/mol. The number of rotatable bonds is 7. The maximum atomic E-state index is 13.4. The molecule has 34 heavy (non-hydrogen) atoms. The van der Waals surface area contributed by atoms with Crippen LogP contribution in [0.2, 0.25) is 0 Å². The molecule has 2 aromatic heterocycles. The number of aromatic nitrogens is 2. The van der Waals surface area contributed by atoms with Gasteiger partial charge in [0.1, 0.15) is 11.7 Å². The van der Waals surface area contributed by atoms with E-state index in [1.807, 2.05) is 0 Å². The number of carbonyl (C=O) groups is 2. The van der Waals surface area contributed by atoms with E-state index in [0.717, 1.165) is 13.0 Å². The number of carbonyl (C=O) groups excluding carboxylic acids is 2. The van der Waals surface area contributed by atoms with Crippen LogP contribution in [-0.4, -0.2) is 64.7 Å². The molecule has 1 saturated heterocycles. The van der Waals surface area contributed by atoms with Crippen molar-refractivity contribution < 1.29 is 18.4 Å². The highest BCUT2D eigenvalue weighted by Crippen LogP contribution is 2.38. The summed E-state index contributed by atoms with van der Waals surface area (Å²) in [5.41, 5.74) is 7.24. The molecular weight excluding hydrogens is 462 g/mol. The van der Waals surface area contributed by atoms with Crippen molar-refractivity contribution in [3.63, 3.8) is 0 Å². The van der Waals surface area contributed by atoms with Crippen molar-refractivity contribution >= 4 is 33.8 Å². The normalized spacial score (nSPS) is 21.3. The molecule has 0 aromatic carbocycles.